The zero-order chi connectivity index (χ0) is 55.7. The van der Waals surface area contributed by atoms with Crippen LogP contribution >= 0.6 is 0 Å². The maximum atomic E-state index is 12.9. The highest BCUT2D eigenvalue weighted by Gasteiger charge is 2.19. The fraction of sp³-hybridized carbons (Fsp3) is 0.704. The third-order valence-electron chi connectivity index (χ3n) is 13.8. The highest BCUT2D eigenvalue weighted by molar-refractivity contribution is 5.71. The normalized spacial score (nSPS) is 12.8. The lowest BCUT2D eigenvalue weighted by molar-refractivity contribution is -0.167. The predicted octanol–water partition coefficient (Wildman–Crippen LogP) is 22.2. The van der Waals surface area contributed by atoms with Crippen LogP contribution in [0.15, 0.2) is 109 Å². The van der Waals surface area contributed by atoms with E-state index in [-0.39, 0.29) is 37.5 Å². The summed E-state index contributed by atoms with van der Waals surface area (Å²) in [5, 5.41) is 0. The average Bonchev–Trinajstić information content (AvgIpc) is 3.43. The number of rotatable bonds is 58. The molecule has 6 heteroatoms. The van der Waals surface area contributed by atoms with Crippen molar-refractivity contribution in [2.75, 3.05) is 13.2 Å². The molecule has 0 spiro atoms. The standard InChI is InChI=1S/C71H120O6/c1-4-7-10-13-16-19-22-25-28-31-33-34-35-36-38-40-43-46-49-52-55-58-61-64-70(73)76-67-68(66-75-69(72)63-60-57-54-51-48-45-42-39-30-27-24-21-18-15-12-9-6-3)77-71(74)65-62-59-56-53-50-47-44-41-37-32-29-26-23-20-17-14-11-8-5-2/h7,9-10,12,16,18-19,21,25,27-28,30,33-34,42,45,51,54,68H,4-6,8,11,13-15,17,20,22-24,26,29,31-32,35-41,43-44,46-50,52-53,55-67H2,1-3H3/b10-7-,12-9-,19-16-,21-18-,28-25-,30-27-,34-33-,45-42-,54-51-. The number of esters is 3. The molecule has 0 radical (unpaired) electrons. The summed E-state index contributed by atoms with van der Waals surface area (Å²) in [5.74, 6) is -0.950. The van der Waals surface area contributed by atoms with Crippen molar-refractivity contribution in [2.24, 2.45) is 0 Å². The molecule has 0 amide bonds. The van der Waals surface area contributed by atoms with Crippen molar-refractivity contribution in [2.45, 2.75) is 309 Å². The molecule has 6 nitrogen and oxygen atoms in total. The van der Waals surface area contributed by atoms with Gasteiger partial charge in [-0.25, -0.2) is 0 Å². The van der Waals surface area contributed by atoms with Crippen molar-refractivity contribution >= 4 is 17.9 Å². The smallest absolute Gasteiger partial charge is 0.306 e. The number of ether oxygens (including phenoxy) is 3. The van der Waals surface area contributed by atoms with E-state index in [0.717, 1.165) is 103 Å². The number of allylic oxidation sites excluding steroid dienone is 18. The fourth-order valence-corrected chi connectivity index (χ4v) is 9.00. The Balaban J connectivity index is 4.42. The first-order valence-corrected chi connectivity index (χ1v) is 32.4. The van der Waals surface area contributed by atoms with Gasteiger partial charge in [-0.15, -0.1) is 0 Å². The zero-order valence-electron chi connectivity index (χ0n) is 50.4. The van der Waals surface area contributed by atoms with Gasteiger partial charge in [-0.3, -0.25) is 14.4 Å². The summed E-state index contributed by atoms with van der Waals surface area (Å²) in [6.07, 6.45) is 88.1. The molecule has 0 aromatic heterocycles. The molecule has 1 atom stereocenters. The Labute approximate surface area is 476 Å². The summed E-state index contributed by atoms with van der Waals surface area (Å²) in [7, 11) is 0. The van der Waals surface area contributed by atoms with Crippen molar-refractivity contribution in [3.8, 4) is 0 Å². The van der Waals surface area contributed by atoms with Crippen LogP contribution in [0.25, 0.3) is 0 Å². The second kappa shape index (κ2) is 64.6. The lowest BCUT2D eigenvalue weighted by atomic mass is 10.0. The molecule has 0 aliphatic carbocycles. The van der Waals surface area contributed by atoms with Gasteiger partial charge in [-0.2, -0.15) is 0 Å². The summed E-state index contributed by atoms with van der Waals surface area (Å²) in [4.78, 5) is 38.3. The molecule has 0 rings (SSSR count). The summed E-state index contributed by atoms with van der Waals surface area (Å²) < 4.78 is 16.9. The molecular weight excluding hydrogens is 949 g/mol. The minimum absolute atomic E-state index is 0.0967. The fourth-order valence-electron chi connectivity index (χ4n) is 9.00. The van der Waals surface area contributed by atoms with Crippen LogP contribution in [-0.4, -0.2) is 37.2 Å². The van der Waals surface area contributed by atoms with Crippen LogP contribution in [-0.2, 0) is 28.6 Å². The third-order valence-corrected chi connectivity index (χ3v) is 13.8. The van der Waals surface area contributed by atoms with E-state index in [1.54, 1.807) is 0 Å². The molecule has 0 saturated carbocycles. The molecule has 0 saturated heterocycles. The Hall–Kier alpha value is -3.93. The lowest BCUT2D eigenvalue weighted by Gasteiger charge is -2.18. The minimum Gasteiger partial charge on any atom is -0.462 e. The molecule has 77 heavy (non-hydrogen) atoms. The van der Waals surface area contributed by atoms with Crippen LogP contribution in [0, 0.1) is 0 Å². The van der Waals surface area contributed by atoms with E-state index < -0.39 is 6.10 Å². The second-order valence-corrected chi connectivity index (χ2v) is 21.3. The van der Waals surface area contributed by atoms with Gasteiger partial charge < -0.3 is 14.2 Å². The number of hydrogen-bond donors (Lipinski definition) is 0. The molecule has 0 bridgehead atoms. The van der Waals surface area contributed by atoms with E-state index in [4.69, 9.17) is 14.2 Å². The summed E-state index contributed by atoms with van der Waals surface area (Å²) in [6.45, 7) is 6.40. The first-order chi connectivity index (χ1) is 38.0. The second-order valence-electron chi connectivity index (χ2n) is 21.3. The molecular formula is C71H120O6. The van der Waals surface area contributed by atoms with E-state index in [0.29, 0.717) is 19.3 Å². The minimum atomic E-state index is -0.804. The molecule has 0 heterocycles. The number of carbonyl (C=O) groups excluding carboxylic acids is 3. The van der Waals surface area contributed by atoms with Crippen LogP contribution in [0.1, 0.15) is 303 Å². The topological polar surface area (TPSA) is 78.9 Å². The van der Waals surface area contributed by atoms with Crippen LogP contribution in [0.2, 0.25) is 0 Å². The molecule has 0 aliphatic rings. The molecule has 0 aromatic carbocycles. The van der Waals surface area contributed by atoms with Crippen LogP contribution in [0.5, 0.6) is 0 Å². The monoisotopic (exact) mass is 1070 g/mol. The predicted molar refractivity (Wildman–Crippen MR) is 334 cm³/mol. The van der Waals surface area contributed by atoms with E-state index >= 15 is 0 Å². The maximum absolute atomic E-state index is 12.9. The molecule has 0 fully saturated rings. The number of unbranched alkanes of at least 4 members (excludes halogenated alkanes) is 29. The van der Waals surface area contributed by atoms with Gasteiger partial charge in [0, 0.05) is 19.3 Å². The Morgan fingerprint density at radius 1 is 0.273 bits per heavy atom. The van der Waals surface area contributed by atoms with Crippen molar-refractivity contribution in [1.82, 2.24) is 0 Å². The molecule has 0 aliphatic heterocycles. The van der Waals surface area contributed by atoms with Gasteiger partial charge in [0.05, 0.1) is 0 Å². The van der Waals surface area contributed by atoms with Gasteiger partial charge in [0.15, 0.2) is 6.10 Å². The average molecular weight is 1070 g/mol. The lowest BCUT2D eigenvalue weighted by Crippen LogP contribution is -2.30. The highest BCUT2D eigenvalue weighted by atomic mass is 16.6. The highest BCUT2D eigenvalue weighted by Crippen LogP contribution is 2.17. The van der Waals surface area contributed by atoms with Crippen molar-refractivity contribution < 1.29 is 28.6 Å². The first kappa shape index (κ1) is 73.1. The largest absolute Gasteiger partial charge is 0.462 e. The first-order valence-electron chi connectivity index (χ1n) is 32.4. The summed E-state index contributed by atoms with van der Waals surface area (Å²) in [5.41, 5.74) is 0. The Kier molecular flexibility index (Phi) is 61.3. The Morgan fingerprint density at radius 3 is 0.844 bits per heavy atom. The van der Waals surface area contributed by atoms with Crippen molar-refractivity contribution in [3.05, 3.63) is 109 Å². The van der Waals surface area contributed by atoms with Gasteiger partial charge in [0.2, 0.25) is 0 Å². The molecule has 0 aromatic rings. The van der Waals surface area contributed by atoms with Gasteiger partial charge in [0.25, 0.3) is 0 Å². The SMILES string of the molecule is CC/C=C\C/C=C\C/C=C\C/C=C\C/C=C\CCCC(=O)OCC(COC(=O)CCCCCCCCCCCC/C=C\C/C=C\C/C=C\C/C=C\CC)OC(=O)CCCCCCCCCCCCCCCCCCCCC. The van der Waals surface area contributed by atoms with E-state index in [1.807, 2.05) is 0 Å². The van der Waals surface area contributed by atoms with E-state index in [9.17, 15) is 14.4 Å². The maximum Gasteiger partial charge on any atom is 0.306 e. The van der Waals surface area contributed by atoms with Crippen molar-refractivity contribution in [3.63, 3.8) is 0 Å². The zero-order valence-corrected chi connectivity index (χ0v) is 50.4. The van der Waals surface area contributed by atoms with Gasteiger partial charge in [-0.05, 0) is 96.3 Å². The van der Waals surface area contributed by atoms with Gasteiger partial charge >= 0.3 is 17.9 Å². The van der Waals surface area contributed by atoms with Gasteiger partial charge in [0.1, 0.15) is 13.2 Å². The molecule has 0 N–H and O–H groups in total. The quantitative estimate of drug-likeness (QED) is 0.0261. The van der Waals surface area contributed by atoms with E-state index in [2.05, 4.69) is 130 Å². The Morgan fingerprint density at radius 2 is 0.519 bits per heavy atom. The molecule has 1 unspecified atom stereocenters. The molecule has 440 valence electrons. The van der Waals surface area contributed by atoms with Gasteiger partial charge in [-0.1, -0.05) is 297 Å². The number of hydrogen-bond acceptors (Lipinski definition) is 6. The van der Waals surface area contributed by atoms with Crippen LogP contribution < -0.4 is 0 Å². The number of carbonyl (C=O) groups is 3. The van der Waals surface area contributed by atoms with Crippen LogP contribution in [0.3, 0.4) is 0 Å². The third kappa shape index (κ3) is 62.8. The van der Waals surface area contributed by atoms with Crippen molar-refractivity contribution in [1.29, 1.82) is 0 Å². The summed E-state index contributed by atoms with van der Waals surface area (Å²) in [6, 6.07) is 0. The Bertz CT molecular complexity index is 1560. The van der Waals surface area contributed by atoms with E-state index in [1.165, 1.54) is 154 Å². The van der Waals surface area contributed by atoms with Crippen LogP contribution in [0.4, 0.5) is 0 Å². The summed E-state index contributed by atoms with van der Waals surface area (Å²) >= 11 is 0.